The third kappa shape index (κ3) is 13.9. The molecule has 0 bridgehead atoms. The molecule has 0 fully saturated rings. The van der Waals surface area contributed by atoms with Crippen LogP contribution in [0.3, 0.4) is 0 Å². The van der Waals surface area contributed by atoms with E-state index >= 15 is 0 Å². The summed E-state index contributed by atoms with van der Waals surface area (Å²) >= 11 is 0. The molecule has 1 atom stereocenters. The molecule has 0 aliphatic heterocycles. The maximum Gasteiger partial charge on any atom is 0.0600 e. The zero-order chi connectivity index (χ0) is 40.2. The maximum absolute atomic E-state index is 10.2. The van der Waals surface area contributed by atoms with Gasteiger partial charge in [0.2, 0.25) is 0 Å². The third-order valence-electron chi connectivity index (χ3n) is 0.999. The van der Waals surface area contributed by atoms with E-state index in [1.54, 1.807) is 0 Å². The first kappa shape index (κ1) is 1.96. The van der Waals surface area contributed by atoms with Crippen molar-refractivity contribution >= 4 is 0 Å². The summed E-state index contributed by atoms with van der Waals surface area (Å²) in [5.41, 5.74) is 0. The van der Waals surface area contributed by atoms with Gasteiger partial charge in [0.25, 0.3) is 0 Å². The van der Waals surface area contributed by atoms with E-state index < -0.39 is 103 Å². The summed E-state index contributed by atoms with van der Waals surface area (Å²) < 4.78 is 243. The summed E-state index contributed by atoms with van der Waals surface area (Å²) in [4.78, 5) is 0. The Morgan fingerprint density at radius 3 is 1.94 bits per heavy atom. The van der Waals surface area contributed by atoms with Crippen molar-refractivity contribution in [3.8, 4) is 0 Å². The predicted octanol–water partition coefficient (Wildman–Crippen LogP) is 5.46. The van der Waals surface area contributed by atoms with Gasteiger partial charge in [-0.15, -0.1) is 0 Å². The topological polar surface area (TPSA) is 20.2 Å². The lowest BCUT2D eigenvalue weighted by atomic mass is 10.0. The van der Waals surface area contributed by atoms with Crippen LogP contribution in [0.2, 0.25) is 0 Å². The van der Waals surface area contributed by atoms with Crippen molar-refractivity contribution in [3.63, 3.8) is 0 Å². The van der Waals surface area contributed by atoms with Gasteiger partial charge in [-0.25, -0.2) is 0 Å². The van der Waals surface area contributed by atoms with Gasteiger partial charge in [-0.3, -0.25) is 0 Å². The average Bonchev–Trinajstić information content (AvgIpc) is 2.80. The van der Waals surface area contributed by atoms with E-state index in [0.29, 0.717) is 0 Å². The predicted molar refractivity (Wildman–Crippen MR) is 77.4 cm³/mol. The fourth-order valence-corrected chi connectivity index (χ4v) is 0.429. The highest BCUT2D eigenvalue weighted by molar-refractivity contribution is 4.53. The monoisotopic (exact) mass is 273 g/mol. The molecule has 1 unspecified atom stereocenters. The fraction of sp³-hybridized carbons (Fsp3) is 1.00. The lowest BCUT2D eigenvalue weighted by Gasteiger charge is -2.06. The Labute approximate surface area is 153 Å². The minimum atomic E-state index is -5.06. The molecule has 1 nitrogen and oxygen atoms in total. The van der Waals surface area contributed by atoms with Crippen LogP contribution in [0.25, 0.3) is 0 Å². The van der Waals surface area contributed by atoms with Crippen LogP contribution >= 0.6 is 0 Å². The van der Waals surface area contributed by atoms with Crippen LogP contribution in [-0.4, -0.2) is 11.2 Å². The van der Waals surface area contributed by atoms with E-state index in [0.717, 1.165) is 0 Å². The second kappa shape index (κ2) is 14.0. The summed E-state index contributed by atoms with van der Waals surface area (Å²) in [5.74, 6) is 0. The van der Waals surface area contributed by atoms with Crippen LogP contribution in [0.1, 0.15) is 139 Å². The van der Waals surface area contributed by atoms with Crippen LogP contribution in [0, 0.1) is 0 Å². The normalized spacial score (nSPS) is 53.4. The SMILES string of the molecule is [2H]C([2H])([2H])CC([2H])(O)C([2H])([2H])C([2H])([2H])C([2H])([2H])C([2H])([2H])C([2H])([2H])C([2H])([2H])C([2H])([2H])C([2H])([2H])C([2H])([2H])C([2H])([2H])C([2H])([2H])C([2H])([2H])C([2H])([2H])[2H]. The number of aliphatic hydroxyl groups is 1. The zero-order valence-corrected chi connectivity index (χ0v) is 8.65. The Balaban J connectivity index is 7.55. The van der Waals surface area contributed by atoms with Crippen molar-refractivity contribution in [2.45, 2.75) is 103 Å². The van der Waals surface area contributed by atoms with Crippen molar-refractivity contribution in [1.82, 2.24) is 0 Å². The highest BCUT2D eigenvalue weighted by Crippen LogP contribution is 2.12. The molecule has 0 aromatic rings. The van der Waals surface area contributed by atoms with Crippen molar-refractivity contribution in [3.05, 3.63) is 0 Å². The van der Waals surface area contributed by atoms with Crippen LogP contribution < -0.4 is 0 Å². The summed E-state index contributed by atoms with van der Waals surface area (Å²) in [6, 6.07) is 0. The quantitative estimate of drug-likeness (QED) is 0.472. The summed E-state index contributed by atoms with van der Waals surface area (Å²) in [6.45, 7) is -7.49. The molecular weight excluding hydrogens is 208 g/mol. The standard InChI is InChI=1S/C16H34O/c1-3-5-6-7-8-9-10-11-12-13-14-15-16(17)4-2/h16-17H,3-15H2,1-2H3/i1D3,2D3,3D2,5D2,6D2,7D2,8D2,9D2,10D2,11D2,12D2,13D2,14D2,15D2,16D. The molecule has 0 amide bonds. The van der Waals surface area contributed by atoms with Gasteiger partial charge in [0.1, 0.15) is 0 Å². The first-order chi connectivity index (χ1) is 20.0. The van der Waals surface area contributed by atoms with Crippen molar-refractivity contribution in [2.75, 3.05) is 0 Å². The van der Waals surface area contributed by atoms with Gasteiger partial charge in [0.05, 0.1) is 7.45 Å². The van der Waals surface area contributed by atoms with Gasteiger partial charge in [0, 0.05) is 41.1 Å². The maximum atomic E-state index is 10.2. The summed E-state index contributed by atoms with van der Waals surface area (Å²) in [5, 5.41) is 10.2. The highest BCUT2D eigenvalue weighted by atomic mass is 16.3. The largest absolute Gasteiger partial charge is 0.393 e. The lowest BCUT2D eigenvalue weighted by molar-refractivity contribution is 0.156. The molecule has 0 aliphatic rings. The number of hydrogen-bond acceptors (Lipinski definition) is 1. The van der Waals surface area contributed by atoms with Gasteiger partial charge in [-0.05, 0) is 12.8 Å². The average molecular weight is 274 g/mol. The molecule has 0 radical (unpaired) electrons. The minimum absolute atomic E-state index is 1.92. The van der Waals surface area contributed by atoms with E-state index in [1.807, 2.05) is 0 Å². The second-order valence-electron chi connectivity index (χ2n) is 2.12. The van der Waals surface area contributed by atoms with Gasteiger partial charge in [0.15, 0.2) is 0 Å². The second-order valence-corrected chi connectivity index (χ2v) is 2.12. The summed E-state index contributed by atoms with van der Waals surface area (Å²) in [7, 11) is 0. The van der Waals surface area contributed by atoms with E-state index in [4.69, 9.17) is 42.5 Å². The van der Waals surface area contributed by atoms with Crippen molar-refractivity contribution in [2.24, 2.45) is 0 Å². The molecule has 0 saturated heterocycles. The molecule has 1 heteroatoms. The van der Waals surface area contributed by atoms with Gasteiger partial charge < -0.3 is 5.11 Å². The number of rotatable bonds is 13. The Morgan fingerprint density at radius 1 is 0.882 bits per heavy atom. The lowest BCUT2D eigenvalue weighted by Crippen LogP contribution is -2.03. The Kier molecular flexibility index (Phi) is 1.62. The Morgan fingerprint density at radius 2 is 1.41 bits per heavy atom. The molecule has 17 heavy (non-hydrogen) atoms. The van der Waals surface area contributed by atoms with Crippen LogP contribution in [-0.2, 0) is 0 Å². The van der Waals surface area contributed by atoms with Crippen LogP contribution in [0.4, 0.5) is 0 Å². The molecule has 0 saturated carbocycles. The molecule has 0 aromatic carbocycles. The van der Waals surface area contributed by atoms with Crippen molar-refractivity contribution in [1.29, 1.82) is 0 Å². The first-order valence-electron chi connectivity index (χ1n) is 19.7. The highest BCUT2D eigenvalue weighted by Gasteiger charge is 1.99. The van der Waals surface area contributed by atoms with Gasteiger partial charge in [-0.1, -0.05) is 83.8 Å². The number of hydrogen-bond donors (Lipinski definition) is 1. The van der Waals surface area contributed by atoms with E-state index in [1.165, 1.54) is 0 Å². The molecule has 0 aromatic heterocycles. The van der Waals surface area contributed by atoms with Crippen molar-refractivity contribution < 1.29 is 47.6 Å². The Bertz CT molecular complexity index is 1160. The van der Waals surface area contributed by atoms with E-state index in [9.17, 15) is 5.11 Å². The molecule has 0 aliphatic carbocycles. The van der Waals surface area contributed by atoms with Gasteiger partial charge in [-0.2, -0.15) is 0 Å². The van der Waals surface area contributed by atoms with E-state index in [-0.39, 0.29) is 0 Å². The molecule has 1 N–H and O–H groups in total. The third-order valence-corrected chi connectivity index (χ3v) is 0.999. The molecule has 0 rings (SSSR count). The first-order valence-corrected chi connectivity index (χ1v) is 4.18. The van der Waals surface area contributed by atoms with E-state index in [2.05, 4.69) is 0 Å². The molecular formula is C16H34O. The van der Waals surface area contributed by atoms with Crippen LogP contribution in [0.5, 0.6) is 0 Å². The Hall–Kier alpha value is -0.0400. The molecule has 0 heterocycles. The van der Waals surface area contributed by atoms with Crippen LogP contribution in [0.15, 0.2) is 0 Å². The molecule has 0 spiro atoms. The van der Waals surface area contributed by atoms with Gasteiger partial charge >= 0.3 is 0 Å². The molecule has 104 valence electrons. The smallest absolute Gasteiger partial charge is 0.0600 e. The minimum Gasteiger partial charge on any atom is -0.393 e. The summed E-state index contributed by atoms with van der Waals surface area (Å²) in [6.07, 6.45) is -64.1. The zero-order valence-electron chi connectivity index (χ0n) is 39.7. The fourth-order valence-electron chi connectivity index (χ4n) is 0.429.